The van der Waals surface area contributed by atoms with E-state index in [1.165, 1.54) is 11.5 Å². The third-order valence-electron chi connectivity index (χ3n) is 5.82. The maximum absolute atomic E-state index is 12.5. The van der Waals surface area contributed by atoms with Crippen molar-refractivity contribution in [2.24, 2.45) is 0 Å². The average molecular weight is 481 g/mol. The monoisotopic (exact) mass is 480 g/mol. The molecule has 0 spiro atoms. The highest BCUT2D eigenvalue weighted by atomic mass is 32.1. The van der Waals surface area contributed by atoms with E-state index in [4.69, 9.17) is 9.97 Å². The first-order valence-corrected chi connectivity index (χ1v) is 12.5. The molecule has 10 heteroatoms. The van der Waals surface area contributed by atoms with E-state index in [1.807, 2.05) is 18.4 Å². The number of carbonyl (C=O) groups is 1. The third-order valence-corrected chi connectivity index (χ3v) is 7.51. The zero-order chi connectivity index (χ0) is 22.8. The third kappa shape index (κ3) is 5.18. The molecule has 0 aliphatic heterocycles. The molecule has 170 valence electrons. The van der Waals surface area contributed by atoms with Crippen molar-refractivity contribution in [3.63, 3.8) is 0 Å². The maximum Gasteiger partial charge on any atom is 0.275 e. The van der Waals surface area contributed by atoms with Crippen LogP contribution in [0.15, 0.2) is 42.0 Å². The molecule has 1 aliphatic rings. The number of rotatable bonds is 6. The Labute approximate surface area is 199 Å². The smallest absolute Gasteiger partial charge is 0.275 e. The predicted molar refractivity (Wildman–Crippen MR) is 131 cm³/mol. The normalized spacial score (nSPS) is 20.6. The number of thiophene rings is 1. The van der Waals surface area contributed by atoms with E-state index in [2.05, 4.69) is 20.0 Å². The number of carbonyl (C=O) groups excluding carboxylic acids is 1. The fraction of sp³-hybridized carbons (Fsp3) is 0.348. The van der Waals surface area contributed by atoms with Crippen molar-refractivity contribution in [2.45, 2.75) is 50.7 Å². The van der Waals surface area contributed by atoms with E-state index >= 15 is 0 Å². The van der Waals surface area contributed by atoms with Gasteiger partial charge in [-0.1, -0.05) is 0 Å². The molecule has 3 N–H and O–H groups in total. The summed E-state index contributed by atoms with van der Waals surface area (Å²) in [5.74, 6) is 1.28. The van der Waals surface area contributed by atoms with Gasteiger partial charge < -0.3 is 15.7 Å². The van der Waals surface area contributed by atoms with Crippen LogP contribution in [0.3, 0.4) is 0 Å². The molecular formula is C23H24N6O2S2. The van der Waals surface area contributed by atoms with Gasteiger partial charge in [0.05, 0.1) is 15.8 Å². The number of pyridine rings is 1. The number of nitrogens with zero attached hydrogens (tertiary/aromatic N) is 4. The van der Waals surface area contributed by atoms with E-state index in [1.54, 1.807) is 41.9 Å². The minimum atomic E-state index is -0.569. The molecule has 4 heterocycles. The van der Waals surface area contributed by atoms with Crippen LogP contribution in [-0.2, 0) is 6.42 Å². The molecule has 0 atom stereocenters. The van der Waals surface area contributed by atoms with Gasteiger partial charge in [0.1, 0.15) is 17.3 Å². The number of hydrogen-bond acceptors (Lipinski definition) is 9. The van der Waals surface area contributed by atoms with Crippen molar-refractivity contribution in [3.05, 3.63) is 58.4 Å². The highest BCUT2D eigenvalue weighted by Crippen LogP contribution is 2.32. The first-order chi connectivity index (χ1) is 15.9. The fourth-order valence-corrected chi connectivity index (χ4v) is 5.45. The zero-order valence-corrected chi connectivity index (χ0v) is 19.7. The molecule has 1 saturated carbocycles. The number of aromatic nitrogens is 4. The summed E-state index contributed by atoms with van der Waals surface area (Å²) >= 11 is 2.91. The second-order valence-electron chi connectivity index (χ2n) is 8.58. The lowest BCUT2D eigenvalue weighted by molar-refractivity contribution is 0.0196. The van der Waals surface area contributed by atoms with Gasteiger partial charge in [-0.05, 0) is 73.8 Å². The van der Waals surface area contributed by atoms with E-state index in [0.717, 1.165) is 46.6 Å². The lowest BCUT2D eigenvalue weighted by Crippen LogP contribution is -2.36. The number of hydrogen-bond donors (Lipinski definition) is 3. The molecule has 0 aromatic carbocycles. The standard InChI is InChI=1S/C23H24N6O2S2/c1-23(31)7-2-14(3-8-23)25-21-20-17(6-11-32-20)27-19(28-21)13-16-12-18(29-33-16)22(30)26-15-4-9-24-10-5-15/h4-6,9-12,14,31H,2-3,7-8,13H2,1H3,(H,24,26,30)(H,25,27,28). The second kappa shape index (κ2) is 9.12. The van der Waals surface area contributed by atoms with Crippen molar-refractivity contribution in [1.82, 2.24) is 19.3 Å². The minimum absolute atomic E-state index is 0.256. The quantitative estimate of drug-likeness (QED) is 0.373. The summed E-state index contributed by atoms with van der Waals surface area (Å²) in [5, 5.41) is 18.7. The Hall–Kier alpha value is -2.95. The van der Waals surface area contributed by atoms with Crippen LogP contribution in [0.5, 0.6) is 0 Å². The molecule has 0 unspecified atom stereocenters. The van der Waals surface area contributed by atoms with Crippen molar-refractivity contribution < 1.29 is 9.90 Å². The Kier molecular flexibility index (Phi) is 6.05. The van der Waals surface area contributed by atoms with E-state index < -0.39 is 5.60 Å². The summed E-state index contributed by atoms with van der Waals surface area (Å²) in [6.45, 7) is 1.91. The topological polar surface area (TPSA) is 113 Å². The molecule has 0 saturated heterocycles. The molecule has 1 aliphatic carbocycles. The molecule has 5 rings (SSSR count). The van der Waals surface area contributed by atoms with Crippen LogP contribution in [-0.4, -0.2) is 42.0 Å². The highest BCUT2D eigenvalue weighted by Gasteiger charge is 2.29. The van der Waals surface area contributed by atoms with E-state index in [-0.39, 0.29) is 11.9 Å². The van der Waals surface area contributed by atoms with Gasteiger partial charge in [0.2, 0.25) is 0 Å². The first-order valence-electron chi connectivity index (χ1n) is 10.9. The van der Waals surface area contributed by atoms with Crippen LogP contribution in [0.2, 0.25) is 0 Å². The van der Waals surface area contributed by atoms with Crippen LogP contribution in [0, 0.1) is 0 Å². The molecule has 1 fully saturated rings. The number of nitrogens with one attached hydrogen (secondary N) is 2. The Bertz CT molecular complexity index is 1260. The molecule has 0 radical (unpaired) electrons. The van der Waals surface area contributed by atoms with E-state index in [0.29, 0.717) is 23.6 Å². The Morgan fingerprint density at radius 1 is 1.21 bits per heavy atom. The zero-order valence-electron chi connectivity index (χ0n) is 18.1. The summed E-state index contributed by atoms with van der Waals surface area (Å²) in [7, 11) is 0. The molecule has 0 bridgehead atoms. The number of anilines is 2. The summed E-state index contributed by atoms with van der Waals surface area (Å²) in [6.07, 6.45) is 7.12. The SMILES string of the molecule is CC1(O)CCC(Nc2nc(Cc3cc(C(=O)Nc4ccncc4)ns3)nc3ccsc23)CC1. The van der Waals surface area contributed by atoms with Gasteiger partial charge in [-0.2, -0.15) is 4.37 Å². The van der Waals surface area contributed by atoms with E-state index in [9.17, 15) is 9.90 Å². The van der Waals surface area contributed by atoms with Crippen LogP contribution >= 0.6 is 22.9 Å². The van der Waals surface area contributed by atoms with Gasteiger partial charge in [0.15, 0.2) is 0 Å². The lowest BCUT2D eigenvalue weighted by Gasteiger charge is -2.33. The predicted octanol–water partition coefficient (Wildman–Crippen LogP) is 4.49. The molecule has 4 aromatic rings. The molecule has 1 amide bonds. The number of fused-ring (bicyclic) bond motifs is 1. The van der Waals surface area contributed by atoms with Gasteiger partial charge in [0, 0.05) is 35.4 Å². The Morgan fingerprint density at radius 3 is 2.79 bits per heavy atom. The molecule has 4 aromatic heterocycles. The summed E-state index contributed by atoms with van der Waals surface area (Å²) in [5.41, 5.74) is 1.39. The second-order valence-corrected chi connectivity index (χ2v) is 10.4. The van der Waals surface area contributed by atoms with Crippen LogP contribution < -0.4 is 10.6 Å². The van der Waals surface area contributed by atoms with Gasteiger partial charge in [-0.3, -0.25) is 9.78 Å². The first kappa shape index (κ1) is 21.9. The molecule has 33 heavy (non-hydrogen) atoms. The Balaban J connectivity index is 1.31. The average Bonchev–Trinajstić information content (AvgIpc) is 3.46. The number of amides is 1. The molecular weight excluding hydrogens is 456 g/mol. The minimum Gasteiger partial charge on any atom is -0.390 e. The summed E-state index contributed by atoms with van der Waals surface area (Å²) in [4.78, 5) is 26.9. The molecule has 8 nitrogen and oxygen atoms in total. The number of aliphatic hydroxyl groups is 1. The fourth-order valence-electron chi connectivity index (χ4n) is 3.96. The maximum atomic E-state index is 12.5. The van der Waals surface area contributed by atoms with Crippen molar-refractivity contribution in [2.75, 3.05) is 10.6 Å². The van der Waals surface area contributed by atoms with Crippen molar-refractivity contribution >= 4 is 50.5 Å². The van der Waals surface area contributed by atoms with Gasteiger partial charge >= 0.3 is 0 Å². The summed E-state index contributed by atoms with van der Waals surface area (Å²) < 4.78 is 5.35. The van der Waals surface area contributed by atoms with Crippen molar-refractivity contribution in [3.8, 4) is 0 Å². The van der Waals surface area contributed by atoms with Gasteiger partial charge in [0.25, 0.3) is 5.91 Å². The largest absolute Gasteiger partial charge is 0.390 e. The van der Waals surface area contributed by atoms with Gasteiger partial charge in [-0.25, -0.2) is 9.97 Å². The summed E-state index contributed by atoms with van der Waals surface area (Å²) in [6, 6.07) is 7.54. The van der Waals surface area contributed by atoms with Crippen LogP contribution in [0.4, 0.5) is 11.5 Å². The highest BCUT2D eigenvalue weighted by molar-refractivity contribution is 7.17. The van der Waals surface area contributed by atoms with Crippen LogP contribution in [0.1, 0.15) is 53.8 Å². The Morgan fingerprint density at radius 2 is 2.00 bits per heavy atom. The van der Waals surface area contributed by atoms with Crippen LogP contribution in [0.25, 0.3) is 10.2 Å². The lowest BCUT2D eigenvalue weighted by atomic mass is 9.84. The van der Waals surface area contributed by atoms with Crippen molar-refractivity contribution in [1.29, 1.82) is 0 Å². The van der Waals surface area contributed by atoms with Gasteiger partial charge in [-0.15, -0.1) is 11.3 Å².